The first kappa shape index (κ1) is 15.4. The van der Waals surface area contributed by atoms with Gasteiger partial charge in [0.2, 0.25) is 11.0 Å². The molecule has 0 unspecified atom stereocenters. The number of carbonyl (C=O) groups is 1. The van der Waals surface area contributed by atoms with Crippen molar-refractivity contribution >= 4 is 22.4 Å². The zero-order chi connectivity index (χ0) is 15.2. The molecule has 7 heteroatoms. The van der Waals surface area contributed by atoms with Gasteiger partial charge in [0.15, 0.2) is 0 Å². The average Bonchev–Trinajstić information content (AvgIpc) is 2.89. The first-order valence-corrected chi connectivity index (χ1v) is 7.19. The topological polar surface area (TPSA) is 73.3 Å². The number of nitrogens with zero attached hydrogens (tertiary/aromatic N) is 2. The van der Waals surface area contributed by atoms with E-state index in [9.17, 15) is 4.79 Å². The Morgan fingerprint density at radius 2 is 2.19 bits per heavy atom. The molecule has 2 aromatic rings. The smallest absolute Gasteiger partial charge is 0.236 e. The summed E-state index contributed by atoms with van der Waals surface area (Å²) in [5.41, 5.74) is 0.829. The molecule has 1 amide bonds. The van der Waals surface area contributed by atoms with Crippen molar-refractivity contribution in [2.45, 2.75) is 12.8 Å². The lowest BCUT2D eigenvalue weighted by Gasteiger charge is -2.16. The van der Waals surface area contributed by atoms with Crippen LogP contribution in [-0.2, 0) is 9.53 Å². The Balaban J connectivity index is 2.18. The first-order valence-electron chi connectivity index (χ1n) is 6.38. The molecule has 112 valence electrons. The number of benzene rings is 1. The highest BCUT2D eigenvalue weighted by atomic mass is 32.1. The predicted molar refractivity (Wildman–Crippen MR) is 80.9 cm³/mol. The fourth-order valence-corrected chi connectivity index (χ4v) is 2.48. The number of aryl methyl sites for hydroxylation is 1. The molecular formula is C14H17N3O3S. The van der Waals surface area contributed by atoms with Gasteiger partial charge in [-0.1, -0.05) is 23.5 Å². The molecule has 0 bridgehead atoms. The van der Waals surface area contributed by atoms with E-state index >= 15 is 0 Å². The average molecular weight is 307 g/mol. The van der Waals surface area contributed by atoms with E-state index in [0.29, 0.717) is 10.9 Å². The number of nitrogens with one attached hydrogen (secondary N) is 1. The number of carbonyl (C=O) groups excluding carboxylic acids is 1. The second-order valence-electron chi connectivity index (χ2n) is 4.40. The molecule has 1 atom stereocenters. The Hall–Kier alpha value is -1.99. The zero-order valence-corrected chi connectivity index (χ0v) is 12.9. The normalized spacial score (nSPS) is 12.0. The van der Waals surface area contributed by atoms with E-state index in [-0.39, 0.29) is 12.5 Å². The summed E-state index contributed by atoms with van der Waals surface area (Å²) in [6.45, 7) is 2.11. The van der Waals surface area contributed by atoms with Crippen LogP contribution >= 0.6 is 11.3 Å². The highest BCUT2D eigenvalue weighted by Crippen LogP contribution is 2.23. The summed E-state index contributed by atoms with van der Waals surface area (Å²) in [6.07, 6.45) is 0. The molecule has 2 rings (SSSR count). The van der Waals surface area contributed by atoms with E-state index in [1.54, 1.807) is 14.2 Å². The molecule has 21 heavy (non-hydrogen) atoms. The second-order valence-corrected chi connectivity index (χ2v) is 5.58. The quantitative estimate of drug-likeness (QED) is 0.886. The van der Waals surface area contributed by atoms with Crippen molar-refractivity contribution in [3.05, 3.63) is 34.8 Å². The van der Waals surface area contributed by atoms with Crippen molar-refractivity contribution in [2.75, 3.05) is 26.1 Å². The van der Waals surface area contributed by atoms with Gasteiger partial charge in [-0.05, 0) is 24.6 Å². The van der Waals surface area contributed by atoms with Gasteiger partial charge < -0.3 is 9.47 Å². The van der Waals surface area contributed by atoms with Crippen LogP contribution in [0.3, 0.4) is 0 Å². The monoisotopic (exact) mass is 307 g/mol. The predicted octanol–water partition coefficient (Wildman–Crippen LogP) is 2.22. The van der Waals surface area contributed by atoms with Gasteiger partial charge in [0, 0.05) is 7.11 Å². The van der Waals surface area contributed by atoms with Crippen molar-refractivity contribution in [2.24, 2.45) is 0 Å². The second kappa shape index (κ2) is 7.14. The molecule has 0 saturated carbocycles. The van der Waals surface area contributed by atoms with Crippen molar-refractivity contribution in [1.82, 2.24) is 10.2 Å². The zero-order valence-electron chi connectivity index (χ0n) is 12.1. The SMILES string of the molecule is COC[C@@H](C(=O)Nc1nnc(C)s1)c1cccc(OC)c1. The van der Waals surface area contributed by atoms with Gasteiger partial charge in [0.1, 0.15) is 10.8 Å². The fourth-order valence-electron chi connectivity index (χ4n) is 1.89. The van der Waals surface area contributed by atoms with Gasteiger partial charge in [0.25, 0.3) is 0 Å². The Bertz CT molecular complexity index is 615. The third kappa shape index (κ3) is 3.99. The van der Waals surface area contributed by atoms with E-state index in [2.05, 4.69) is 15.5 Å². The molecule has 1 heterocycles. The molecule has 1 aromatic heterocycles. The van der Waals surface area contributed by atoms with Crippen molar-refractivity contribution in [3.63, 3.8) is 0 Å². The number of anilines is 1. The minimum Gasteiger partial charge on any atom is -0.497 e. The van der Waals surface area contributed by atoms with Crippen molar-refractivity contribution in [1.29, 1.82) is 0 Å². The van der Waals surface area contributed by atoms with Crippen LogP contribution in [0.5, 0.6) is 5.75 Å². The minimum atomic E-state index is -0.436. The molecular weight excluding hydrogens is 290 g/mol. The molecule has 0 fully saturated rings. The van der Waals surface area contributed by atoms with Crippen LogP contribution in [0, 0.1) is 6.92 Å². The number of methoxy groups -OCH3 is 2. The van der Waals surface area contributed by atoms with Gasteiger partial charge in [0.05, 0.1) is 19.6 Å². The van der Waals surface area contributed by atoms with Gasteiger partial charge in [-0.3, -0.25) is 10.1 Å². The number of rotatable bonds is 6. The van der Waals surface area contributed by atoms with Gasteiger partial charge in [-0.25, -0.2) is 0 Å². The molecule has 0 radical (unpaired) electrons. The minimum absolute atomic E-state index is 0.179. The molecule has 6 nitrogen and oxygen atoms in total. The van der Waals surface area contributed by atoms with Gasteiger partial charge in [-0.2, -0.15) is 0 Å². The Morgan fingerprint density at radius 3 is 2.81 bits per heavy atom. The molecule has 1 N–H and O–H groups in total. The van der Waals surface area contributed by atoms with E-state index in [1.165, 1.54) is 11.3 Å². The van der Waals surface area contributed by atoms with E-state index < -0.39 is 5.92 Å². The van der Waals surface area contributed by atoms with E-state index in [0.717, 1.165) is 10.6 Å². The van der Waals surface area contributed by atoms with E-state index in [4.69, 9.17) is 9.47 Å². The fraction of sp³-hybridized carbons (Fsp3) is 0.357. The maximum absolute atomic E-state index is 12.4. The van der Waals surface area contributed by atoms with Crippen LogP contribution in [0.2, 0.25) is 0 Å². The van der Waals surface area contributed by atoms with Crippen molar-refractivity contribution in [3.8, 4) is 5.75 Å². The molecule has 0 aliphatic heterocycles. The third-order valence-corrected chi connectivity index (χ3v) is 3.66. The van der Waals surface area contributed by atoms with Crippen LogP contribution in [0.25, 0.3) is 0 Å². The Morgan fingerprint density at radius 1 is 1.38 bits per heavy atom. The van der Waals surface area contributed by atoms with Crippen LogP contribution in [-0.4, -0.2) is 36.9 Å². The molecule has 0 aliphatic carbocycles. The highest BCUT2D eigenvalue weighted by Gasteiger charge is 2.22. The number of hydrogen-bond donors (Lipinski definition) is 1. The lowest BCUT2D eigenvalue weighted by atomic mass is 9.99. The third-order valence-electron chi connectivity index (χ3n) is 2.90. The Kier molecular flexibility index (Phi) is 5.24. The van der Waals surface area contributed by atoms with Crippen LogP contribution < -0.4 is 10.1 Å². The largest absolute Gasteiger partial charge is 0.497 e. The number of hydrogen-bond acceptors (Lipinski definition) is 6. The summed E-state index contributed by atoms with van der Waals surface area (Å²) in [5.74, 6) is 0.0868. The summed E-state index contributed by atoms with van der Waals surface area (Å²) in [5, 5.41) is 11.8. The first-order chi connectivity index (χ1) is 10.1. The lowest BCUT2D eigenvalue weighted by molar-refractivity contribution is -0.118. The summed E-state index contributed by atoms with van der Waals surface area (Å²) >= 11 is 1.33. The van der Waals surface area contributed by atoms with E-state index in [1.807, 2.05) is 31.2 Å². The Labute approximate surface area is 127 Å². The molecule has 0 aliphatic rings. The number of amides is 1. The van der Waals surface area contributed by atoms with Gasteiger partial charge >= 0.3 is 0 Å². The number of ether oxygens (including phenoxy) is 2. The summed E-state index contributed by atoms with van der Waals surface area (Å²) in [7, 11) is 3.16. The van der Waals surface area contributed by atoms with Gasteiger partial charge in [-0.15, -0.1) is 10.2 Å². The molecule has 1 aromatic carbocycles. The molecule has 0 saturated heterocycles. The number of aromatic nitrogens is 2. The van der Waals surface area contributed by atoms with Crippen LogP contribution in [0.1, 0.15) is 16.5 Å². The highest BCUT2D eigenvalue weighted by molar-refractivity contribution is 7.15. The maximum atomic E-state index is 12.4. The molecule has 0 spiro atoms. The van der Waals surface area contributed by atoms with Crippen molar-refractivity contribution < 1.29 is 14.3 Å². The standard InChI is InChI=1S/C14H17N3O3S/c1-9-16-17-14(21-9)15-13(18)12(8-19-2)10-5-4-6-11(7-10)20-3/h4-7,12H,8H2,1-3H3,(H,15,17,18)/t12-/m1/s1. The van der Waals surface area contributed by atoms with Crippen LogP contribution in [0.15, 0.2) is 24.3 Å². The summed E-state index contributed by atoms with van der Waals surface area (Å²) < 4.78 is 10.4. The maximum Gasteiger partial charge on any atom is 0.236 e. The lowest BCUT2D eigenvalue weighted by Crippen LogP contribution is -2.24. The van der Waals surface area contributed by atoms with Crippen LogP contribution in [0.4, 0.5) is 5.13 Å². The summed E-state index contributed by atoms with van der Waals surface area (Å²) in [6, 6.07) is 7.38. The summed E-state index contributed by atoms with van der Waals surface area (Å²) in [4.78, 5) is 12.4.